The number of carbonyl (C=O) groups is 1. The number of nitrogens with two attached hydrogens (primary N) is 1. The minimum absolute atomic E-state index is 0.0372. The van der Waals surface area contributed by atoms with E-state index in [0.717, 1.165) is 0 Å². The topological polar surface area (TPSA) is 43.1 Å². The van der Waals surface area contributed by atoms with Crippen molar-refractivity contribution >= 4 is 50.6 Å². The number of Topliss-reactive ketones (excluding diaryl/α,β-unsaturated/α-hetero) is 1. The van der Waals surface area contributed by atoms with E-state index in [9.17, 15) is 4.79 Å². The minimum Gasteiger partial charge on any atom is -0.398 e. The molecule has 19 heavy (non-hydrogen) atoms. The first kappa shape index (κ1) is 14.4. The van der Waals surface area contributed by atoms with Crippen molar-refractivity contribution in [2.75, 3.05) is 5.73 Å². The molecule has 0 aliphatic carbocycles. The van der Waals surface area contributed by atoms with E-state index < -0.39 is 0 Å². The number of benzene rings is 2. The van der Waals surface area contributed by atoms with Gasteiger partial charge in [0.15, 0.2) is 5.78 Å². The van der Waals surface area contributed by atoms with Crippen molar-refractivity contribution < 1.29 is 4.79 Å². The van der Waals surface area contributed by atoms with E-state index in [2.05, 4.69) is 15.9 Å². The summed E-state index contributed by atoms with van der Waals surface area (Å²) in [6.45, 7) is 0. The summed E-state index contributed by atoms with van der Waals surface area (Å²) in [4.78, 5) is 12.2. The van der Waals surface area contributed by atoms with Gasteiger partial charge in [-0.25, -0.2) is 0 Å². The molecule has 0 radical (unpaired) electrons. The first-order valence-electron chi connectivity index (χ1n) is 5.49. The predicted molar refractivity (Wildman–Crippen MR) is 83.1 cm³/mol. The van der Waals surface area contributed by atoms with E-state index in [-0.39, 0.29) is 12.2 Å². The highest BCUT2D eigenvalue weighted by Gasteiger charge is 2.11. The van der Waals surface area contributed by atoms with Crippen LogP contribution in [0.25, 0.3) is 0 Å². The first-order chi connectivity index (χ1) is 8.97. The van der Waals surface area contributed by atoms with Gasteiger partial charge in [0.1, 0.15) is 0 Å². The molecule has 0 aliphatic rings. The van der Waals surface area contributed by atoms with Crippen molar-refractivity contribution in [3.63, 3.8) is 0 Å². The molecule has 0 atom stereocenters. The van der Waals surface area contributed by atoms with Crippen LogP contribution in [-0.2, 0) is 6.42 Å². The molecule has 2 rings (SSSR count). The second-order valence-corrected chi connectivity index (χ2v) is 5.77. The third-order valence-electron chi connectivity index (χ3n) is 2.68. The summed E-state index contributed by atoms with van der Waals surface area (Å²) in [5.74, 6) is -0.0372. The number of anilines is 1. The fraction of sp³-hybridized carbons (Fsp3) is 0.0714. The van der Waals surface area contributed by atoms with Crippen LogP contribution >= 0.6 is 39.1 Å². The van der Waals surface area contributed by atoms with Crippen LogP contribution in [0.3, 0.4) is 0 Å². The predicted octanol–water partition coefficient (Wildman–Crippen LogP) is 4.76. The molecule has 98 valence electrons. The Hall–Kier alpha value is -1.03. The van der Waals surface area contributed by atoms with E-state index >= 15 is 0 Å². The average Bonchev–Trinajstić information content (AvgIpc) is 2.37. The molecule has 0 unspecified atom stereocenters. The second-order valence-electron chi connectivity index (χ2n) is 4.07. The minimum atomic E-state index is -0.0372. The lowest BCUT2D eigenvalue weighted by atomic mass is 10.0. The van der Waals surface area contributed by atoms with Crippen molar-refractivity contribution in [3.05, 3.63) is 62.0 Å². The normalized spacial score (nSPS) is 10.5. The van der Waals surface area contributed by atoms with Gasteiger partial charge in [0.25, 0.3) is 0 Å². The Morgan fingerprint density at radius 2 is 1.89 bits per heavy atom. The van der Waals surface area contributed by atoms with Crippen molar-refractivity contribution in [1.82, 2.24) is 0 Å². The second kappa shape index (κ2) is 5.95. The highest BCUT2D eigenvalue weighted by molar-refractivity contribution is 9.10. The third kappa shape index (κ3) is 3.50. The van der Waals surface area contributed by atoms with Gasteiger partial charge in [-0.3, -0.25) is 4.79 Å². The van der Waals surface area contributed by atoms with Crippen LogP contribution in [0.2, 0.25) is 10.0 Å². The molecule has 2 N–H and O–H groups in total. The van der Waals surface area contributed by atoms with Crippen LogP contribution in [0.1, 0.15) is 15.9 Å². The number of nitrogen functional groups attached to an aromatic ring is 1. The number of ketones is 1. The van der Waals surface area contributed by atoms with Gasteiger partial charge < -0.3 is 5.73 Å². The highest BCUT2D eigenvalue weighted by atomic mass is 79.9. The molecule has 0 spiro atoms. The van der Waals surface area contributed by atoms with Gasteiger partial charge in [-0.05, 0) is 57.9 Å². The molecule has 0 amide bonds. The lowest BCUT2D eigenvalue weighted by molar-refractivity contribution is 0.0993. The Bertz CT molecular complexity index is 643. The smallest absolute Gasteiger partial charge is 0.167 e. The third-order valence-corrected chi connectivity index (χ3v) is 3.97. The molecule has 0 fully saturated rings. The zero-order chi connectivity index (χ0) is 14.0. The lowest BCUT2D eigenvalue weighted by Crippen LogP contribution is -2.04. The Kier molecular flexibility index (Phi) is 4.50. The van der Waals surface area contributed by atoms with Crippen LogP contribution in [0.4, 0.5) is 5.69 Å². The largest absolute Gasteiger partial charge is 0.398 e. The van der Waals surface area contributed by atoms with Gasteiger partial charge >= 0.3 is 0 Å². The van der Waals surface area contributed by atoms with E-state index in [4.69, 9.17) is 28.9 Å². The van der Waals surface area contributed by atoms with Gasteiger partial charge in [0, 0.05) is 32.2 Å². The molecule has 0 aliphatic heterocycles. The van der Waals surface area contributed by atoms with Crippen LogP contribution < -0.4 is 5.73 Å². The summed E-state index contributed by atoms with van der Waals surface area (Å²) in [6, 6.07) is 10.2. The Morgan fingerprint density at radius 1 is 1.16 bits per heavy atom. The SMILES string of the molecule is Nc1ccc(C(=O)Cc2cc(Cl)ccc2Cl)cc1Br. The van der Waals surface area contributed by atoms with E-state index in [0.29, 0.717) is 31.3 Å². The number of hydrogen-bond donors (Lipinski definition) is 1. The molecule has 0 heterocycles. The summed E-state index contributed by atoms with van der Waals surface area (Å²) in [7, 11) is 0. The maximum atomic E-state index is 12.2. The maximum Gasteiger partial charge on any atom is 0.167 e. The Labute approximate surface area is 129 Å². The summed E-state index contributed by atoms with van der Waals surface area (Å²) in [6.07, 6.45) is 0.204. The summed E-state index contributed by atoms with van der Waals surface area (Å²) >= 11 is 15.2. The molecule has 0 saturated heterocycles. The summed E-state index contributed by atoms with van der Waals surface area (Å²) < 4.78 is 0.704. The summed E-state index contributed by atoms with van der Waals surface area (Å²) in [5.41, 5.74) is 7.58. The summed E-state index contributed by atoms with van der Waals surface area (Å²) in [5, 5.41) is 1.10. The molecule has 2 nitrogen and oxygen atoms in total. The van der Waals surface area contributed by atoms with Crippen LogP contribution in [0.5, 0.6) is 0 Å². The van der Waals surface area contributed by atoms with Crippen molar-refractivity contribution in [1.29, 1.82) is 0 Å². The molecule has 2 aromatic rings. The van der Waals surface area contributed by atoms with Crippen LogP contribution in [-0.4, -0.2) is 5.78 Å². The van der Waals surface area contributed by atoms with E-state index in [1.165, 1.54) is 0 Å². The molecular formula is C14H10BrCl2NO. The number of rotatable bonds is 3. The number of hydrogen-bond acceptors (Lipinski definition) is 2. The maximum absolute atomic E-state index is 12.2. The average molecular weight is 359 g/mol. The van der Waals surface area contributed by atoms with E-state index in [1.54, 1.807) is 36.4 Å². The van der Waals surface area contributed by atoms with Gasteiger partial charge in [-0.2, -0.15) is 0 Å². The van der Waals surface area contributed by atoms with Gasteiger partial charge in [-0.1, -0.05) is 23.2 Å². The van der Waals surface area contributed by atoms with Gasteiger partial charge in [0.05, 0.1) is 0 Å². The molecule has 5 heteroatoms. The Morgan fingerprint density at radius 3 is 2.58 bits per heavy atom. The molecule has 0 aromatic heterocycles. The highest BCUT2D eigenvalue weighted by Crippen LogP contribution is 2.24. The van der Waals surface area contributed by atoms with Crippen LogP contribution in [0, 0.1) is 0 Å². The monoisotopic (exact) mass is 357 g/mol. The molecule has 0 saturated carbocycles. The standard InChI is InChI=1S/C14H10BrCl2NO/c15-11-6-8(1-4-13(11)18)14(19)7-9-5-10(16)2-3-12(9)17/h1-6H,7,18H2. The zero-order valence-corrected chi connectivity index (χ0v) is 12.9. The number of halogens is 3. The van der Waals surface area contributed by atoms with Gasteiger partial charge in [0.2, 0.25) is 0 Å². The fourth-order valence-corrected chi connectivity index (χ4v) is 2.41. The fourth-order valence-electron chi connectivity index (χ4n) is 1.65. The molecule has 2 aromatic carbocycles. The van der Waals surface area contributed by atoms with Crippen molar-refractivity contribution in [2.45, 2.75) is 6.42 Å². The quantitative estimate of drug-likeness (QED) is 0.634. The van der Waals surface area contributed by atoms with Gasteiger partial charge in [-0.15, -0.1) is 0 Å². The van der Waals surface area contributed by atoms with E-state index in [1.807, 2.05) is 0 Å². The molecule has 0 bridgehead atoms. The first-order valence-corrected chi connectivity index (χ1v) is 7.04. The zero-order valence-electron chi connectivity index (χ0n) is 9.79. The van der Waals surface area contributed by atoms with Crippen LogP contribution in [0.15, 0.2) is 40.9 Å². The number of carbonyl (C=O) groups excluding carboxylic acids is 1. The Balaban J connectivity index is 2.25. The lowest BCUT2D eigenvalue weighted by Gasteiger charge is -2.06. The van der Waals surface area contributed by atoms with Crippen molar-refractivity contribution in [2.24, 2.45) is 0 Å². The molecular weight excluding hydrogens is 349 g/mol. The van der Waals surface area contributed by atoms with Crippen molar-refractivity contribution in [3.8, 4) is 0 Å².